The van der Waals surface area contributed by atoms with Crippen LogP contribution in [0.5, 0.6) is 23.0 Å². The van der Waals surface area contributed by atoms with Crippen molar-refractivity contribution in [1.29, 1.82) is 10.5 Å². The molecule has 0 bridgehead atoms. The molecule has 3 aromatic carbocycles. The van der Waals surface area contributed by atoms with E-state index < -0.39 is 11.7 Å². The third kappa shape index (κ3) is 8.72. The number of ether oxygens (including phenoxy) is 3. The molecule has 10 heteroatoms. The Labute approximate surface area is 245 Å². The van der Waals surface area contributed by atoms with Gasteiger partial charge >= 0.3 is 6.09 Å². The molecule has 1 aliphatic rings. The number of nitriles is 2. The van der Waals surface area contributed by atoms with E-state index in [1.165, 1.54) is 0 Å². The summed E-state index contributed by atoms with van der Waals surface area (Å²) in [6, 6.07) is 22.5. The lowest BCUT2D eigenvalue weighted by molar-refractivity contribution is 0.0513. The predicted octanol–water partition coefficient (Wildman–Crippen LogP) is 5.30. The van der Waals surface area contributed by atoms with Crippen molar-refractivity contribution in [1.82, 2.24) is 15.1 Å². The SMILES string of the molecule is CC(C)(C)OC(=O)NCCN1CCN(C(=O)c2cc(Oc3ccc(C#N)cc3)cc(Oc3ccc(C#N)cc3)c2)CC1. The van der Waals surface area contributed by atoms with Crippen LogP contribution in [-0.4, -0.2) is 66.7 Å². The zero-order valence-electron chi connectivity index (χ0n) is 23.9. The molecule has 0 radical (unpaired) electrons. The summed E-state index contributed by atoms with van der Waals surface area (Å²) in [5.74, 6) is 1.67. The molecule has 3 aromatic rings. The van der Waals surface area contributed by atoms with Crippen LogP contribution in [0.1, 0.15) is 42.3 Å². The van der Waals surface area contributed by atoms with Crippen molar-refractivity contribution in [2.45, 2.75) is 26.4 Å². The van der Waals surface area contributed by atoms with E-state index in [9.17, 15) is 9.59 Å². The van der Waals surface area contributed by atoms with E-state index in [2.05, 4.69) is 22.4 Å². The zero-order valence-corrected chi connectivity index (χ0v) is 23.9. The number of hydrogen-bond acceptors (Lipinski definition) is 8. The lowest BCUT2D eigenvalue weighted by atomic mass is 10.1. The van der Waals surface area contributed by atoms with Crippen LogP contribution in [0.4, 0.5) is 4.79 Å². The minimum absolute atomic E-state index is 0.156. The molecular weight excluding hydrogens is 534 g/mol. The molecule has 10 nitrogen and oxygen atoms in total. The molecular formula is C32H33N5O5. The summed E-state index contributed by atoms with van der Waals surface area (Å²) < 4.78 is 17.3. The molecule has 4 rings (SSSR count). The second kappa shape index (κ2) is 13.5. The van der Waals surface area contributed by atoms with Gasteiger partial charge in [0.15, 0.2) is 0 Å². The second-order valence-corrected chi connectivity index (χ2v) is 10.7. The van der Waals surface area contributed by atoms with E-state index >= 15 is 0 Å². The third-order valence-corrected chi connectivity index (χ3v) is 6.32. The van der Waals surface area contributed by atoms with Crippen molar-refractivity contribution in [3.8, 4) is 35.1 Å². The van der Waals surface area contributed by atoms with E-state index in [1.807, 2.05) is 20.8 Å². The number of carbonyl (C=O) groups is 2. The number of benzene rings is 3. The van der Waals surface area contributed by atoms with Crippen LogP contribution in [0.3, 0.4) is 0 Å². The largest absolute Gasteiger partial charge is 0.457 e. The van der Waals surface area contributed by atoms with E-state index in [0.717, 1.165) is 0 Å². The molecule has 0 unspecified atom stereocenters. The molecule has 0 spiro atoms. The summed E-state index contributed by atoms with van der Waals surface area (Å²) in [6.45, 7) is 8.94. The smallest absolute Gasteiger partial charge is 0.407 e. The molecule has 216 valence electrons. The Bertz CT molecular complexity index is 1400. The van der Waals surface area contributed by atoms with Crippen LogP contribution in [-0.2, 0) is 4.74 Å². The van der Waals surface area contributed by atoms with Crippen molar-refractivity contribution in [3.63, 3.8) is 0 Å². The van der Waals surface area contributed by atoms with Crippen molar-refractivity contribution >= 4 is 12.0 Å². The van der Waals surface area contributed by atoms with Crippen LogP contribution in [0.2, 0.25) is 0 Å². The van der Waals surface area contributed by atoms with Crippen LogP contribution in [0.15, 0.2) is 66.7 Å². The van der Waals surface area contributed by atoms with Crippen molar-refractivity contribution < 1.29 is 23.8 Å². The maximum absolute atomic E-state index is 13.6. The first-order valence-corrected chi connectivity index (χ1v) is 13.6. The molecule has 0 saturated carbocycles. The first kappa shape index (κ1) is 29.9. The number of piperazine rings is 1. The summed E-state index contributed by atoms with van der Waals surface area (Å²) in [4.78, 5) is 29.4. The molecule has 1 aliphatic heterocycles. The molecule has 1 fully saturated rings. The summed E-state index contributed by atoms with van der Waals surface area (Å²) in [5, 5.41) is 20.9. The van der Waals surface area contributed by atoms with E-state index in [4.69, 9.17) is 24.7 Å². The zero-order chi connectivity index (χ0) is 30.1. The summed E-state index contributed by atoms with van der Waals surface area (Å²) >= 11 is 0. The van der Waals surface area contributed by atoms with Gasteiger partial charge in [0, 0.05) is 50.9 Å². The van der Waals surface area contributed by atoms with E-state index in [1.54, 1.807) is 71.6 Å². The van der Waals surface area contributed by atoms with Crippen molar-refractivity contribution in [2.75, 3.05) is 39.3 Å². The highest BCUT2D eigenvalue weighted by atomic mass is 16.6. The molecule has 1 heterocycles. The van der Waals surface area contributed by atoms with Gasteiger partial charge in [0.05, 0.1) is 23.3 Å². The number of rotatable bonds is 8. The van der Waals surface area contributed by atoms with E-state index in [0.29, 0.717) is 79.0 Å². The topological polar surface area (TPSA) is 128 Å². The van der Waals surface area contributed by atoms with Crippen LogP contribution in [0, 0.1) is 22.7 Å². The normalized spacial score (nSPS) is 13.4. The standard InChI is InChI=1S/C32H33N5O5/c1-32(2,3)42-31(39)35-12-13-36-14-16-37(17-15-36)30(38)25-18-28(40-26-8-4-23(21-33)5-9-26)20-29(19-25)41-27-10-6-24(22-34)7-11-27/h4-11,18-20H,12-17H2,1-3H3,(H,35,39). The Kier molecular flexibility index (Phi) is 9.64. The van der Waals surface area contributed by atoms with Gasteiger partial charge in [0.25, 0.3) is 5.91 Å². The Morgan fingerprint density at radius 3 is 1.74 bits per heavy atom. The van der Waals surface area contributed by atoms with Crippen LogP contribution < -0.4 is 14.8 Å². The van der Waals surface area contributed by atoms with Gasteiger partial charge < -0.3 is 24.4 Å². The number of nitrogens with zero attached hydrogens (tertiary/aromatic N) is 4. The predicted molar refractivity (Wildman–Crippen MR) is 155 cm³/mol. The fourth-order valence-corrected chi connectivity index (χ4v) is 4.27. The molecule has 0 atom stereocenters. The fraction of sp³-hybridized carbons (Fsp3) is 0.312. The maximum Gasteiger partial charge on any atom is 0.407 e. The average molecular weight is 568 g/mol. The maximum atomic E-state index is 13.6. The van der Waals surface area contributed by atoms with Crippen LogP contribution >= 0.6 is 0 Å². The Balaban J connectivity index is 1.43. The van der Waals surface area contributed by atoms with Gasteiger partial charge in [0.1, 0.15) is 28.6 Å². The molecule has 1 N–H and O–H groups in total. The van der Waals surface area contributed by atoms with Gasteiger partial charge in [0.2, 0.25) is 0 Å². The lowest BCUT2D eigenvalue weighted by Gasteiger charge is -2.35. The minimum Gasteiger partial charge on any atom is -0.457 e. The first-order chi connectivity index (χ1) is 20.1. The highest BCUT2D eigenvalue weighted by molar-refractivity contribution is 5.95. The molecule has 0 aromatic heterocycles. The number of amides is 2. The van der Waals surface area contributed by atoms with Crippen LogP contribution in [0.25, 0.3) is 0 Å². The van der Waals surface area contributed by atoms with Gasteiger partial charge in [-0.1, -0.05) is 0 Å². The highest BCUT2D eigenvalue weighted by Gasteiger charge is 2.24. The second-order valence-electron chi connectivity index (χ2n) is 10.7. The third-order valence-electron chi connectivity index (χ3n) is 6.32. The Morgan fingerprint density at radius 2 is 1.29 bits per heavy atom. The Morgan fingerprint density at radius 1 is 0.786 bits per heavy atom. The number of hydrogen-bond donors (Lipinski definition) is 1. The molecule has 1 saturated heterocycles. The van der Waals surface area contributed by atoms with Gasteiger partial charge in [-0.25, -0.2) is 4.79 Å². The molecule has 0 aliphatic carbocycles. The summed E-state index contributed by atoms with van der Waals surface area (Å²) in [5.41, 5.74) is 0.879. The van der Waals surface area contributed by atoms with Gasteiger partial charge in [-0.15, -0.1) is 0 Å². The van der Waals surface area contributed by atoms with Crippen molar-refractivity contribution in [3.05, 3.63) is 83.4 Å². The number of nitrogens with one attached hydrogen (secondary N) is 1. The minimum atomic E-state index is -0.548. The lowest BCUT2D eigenvalue weighted by Crippen LogP contribution is -2.50. The quantitative estimate of drug-likeness (QED) is 0.389. The monoisotopic (exact) mass is 567 g/mol. The first-order valence-electron chi connectivity index (χ1n) is 13.6. The fourth-order valence-electron chi connectivity index (χ4n) is 4.27. The van der Waals surface area contributed by atoms with E-state index in [-0.39, 0.29) is 5.91 Å². The molecule has 2 amide bonds. The van der Waals surface area contributed by atoms with Gasteiger partial charge in [-0.3, -0.25) is 9.69 Å². The Hall–Kier alpha value is -5.06. The van der Waals surface area contributed by atoms with Crippen molar-refractivity contribution in [2.24, 2.45) is 0 Å². The highest BCUT2D eigenvalue weighted by Crippen LogP contribution is 2.31. The number of alkyl carbamates (subject to hydrolysis) is 1. The average Bonchev–Trinajstić information content (AvgIpc) is 2.97. The number of carbonyl (C=O) groups excluding carboxylic acids is 2. The van der Waals surface area contributed by atoms with Gasteiger partial charge in [-0.05, 0) is 81.4 Å². The molecule has 42 heavy (non-hydrogen) atoms. The summed E-state index contributed by atoms with van der Waals surface area (Å²) in [6.07, 6.45) is -0.446. The van der Waals surface area contributed by atoms with Gasteiger partial charge in [-0.2, -0.15) is 10.5 Å². The summed E-state index contributed by atoms with van der Waals surface area (Å²) in [7, 11) is 0.